The molecule has 2 aliphatic rings. The maximum Gasteiger partial charge on any atom is 0.148 e. The van der Waals surface area contributed by atoms with Crippen LogP contribution in [0.2, 0.25) is 0 Å². The molecule has 1 fully saturated rings. The highest BCUT2D eigenvalue weighted by molar-refractivity contribution is 5.96. The van der Waals surface area contributed by atoms with Crippen LogP contribution in [0.15, 0.2) is 97.2 Å². The summed E-state index contributed by atoms with van der Waals surface area (Å²) in [5.74, 6) is 2.31. The molecule has 4 aromatic rings. The molecule has 0 bridgehead atoms. The summed E-state index contributed by atoms with van der Waals surface area (Å²) in [4.78, 5) is 21.3. The number of fused-ring (bicyclic) bond motifs is 1. The molecule has 6 heteroatoms. The van der Waals surface area contributed by atoms with Crippen molar-refractivity contribution in [2.75, 3.05) is 26.3 Å². The Labute approximate surface area is 216 Å². The van der Waals surface area contributed by atoms with Crippen LogP contribution in [-0.4, -0.2) is 57.6 Å². The maximum absolute atomic E-state index is 12.5. The smallest absolute Gasteiger partial charge is 0.148 e. The van der Waals surface area contributed by atoms with Crippen molar-refractivity contribution in [2.45, 2.75) is 12.6 Å². The second kappa shape index (κ2) is 10.4. The van der Waals surface area contributed by atoms with Crippen molar-refractivity contribution in [3.05, 3.63) is 114 Å². The number of hydrogen-bond acceptors (Lipinski definition) is 5. The molecule has 1 unspecified atom stereocenters. The van der Waals surface area contributed by atoms with Gasteiger partial charge in [0.25, 0.3) is 0 Å². The Kier molecular flexibility index (Phi) is 6.53. The number of ether oxygens (including phenoxy) is 1. The summed E-state index contributed by atoms with van der Waals surface area (Å²) in [5.41, 5.74) is 4.98. The first-order valence-electron chi connectivity index (χ1n) is 12.6. The number of nitrogens with zero attached hydrogens (tertiary/aromatic N) is 4. The average Bonchev–Trinajstić information content (AvgIpc) is 3.56. The Morgan fingerprint density at radius 1 is 0.973 bits per heavy atom. The van der Waals surface area contributed by atoms with E-state index in [0.717, 1.165) is 35.5 Å². The Morgan fingerprint density at radius 2 is 1.76 bits per heavy atom. The molecule has 1 saturated heterocycles. The lowest BCUT2D eigenvalue weighted by Crippen LogP contribution is -2.45. The minimum absolute atomic E-state index is 0.177. The van der Waals surface area contributed by atoms with E-state index in [9.17, 15) is 4.79 Å². The minimum Gasteiger partial charge on any atom is -0.379 e. The molecule has 0 saturated carbocycles. The van der Waals surface area contributed by atoms with E-state index in [0.29, 0.717) is 25.5 Å². The molecule has 6 rings (SSSR count). The lowest BCUT2D eigenvalue weighted by molar-refractivity contribution is 0.0315. The normalized spacial score (nSPS) is 18.5. The summed E-state index contributed by atoms with van der Waals surface area (Å²) in [6, 6.07) is 24.8. The molecule has 0 amide bonds. The fraction of sp³-hybridized carbons (Fsp3) is 0.194. The highest BCUT2D eigenvalue weighted by Crippen LogP contribution is 2.39. The third-order valence-electron chi connectivity index (χ3n) is 7.08. The molecule has 0 spiro atoms. The number of morpholine rings is 1. The number of benzene rings is 3. The van der Waals surface area contributed by atoms with E-state index >= 15 is 0 Å². The highest BCUT2D eigenvalue weighted by atomic mass is 16.5. The fourth-order valence-electron chi connectivity index (χ4n) is 5.25. The molecule has 0 N–H and O–H groups in total. The number of carbonyl (C=O) groups excluding carboxylic acids is 1. The van der Waals surface area contributed by atoms with Gasteiger partial charge in [-0.05, 0) is 28.0 Å². The van der Waals surface area contributed by atoms with E-state index in [-0.39, 0.29) is 6.04 Å². The van der Waals surface area contributed by atoms with Gasteiger partial charge in [0.1, 0.15) is 11.6 Å². The number of hydrogen-bond donors (Lipinski definition) is 0. The summed E-state index contributed by atoms with van der Waals surface area (Å²) in [6.45, 7) is 3.36. The molecular formula is C31H28N4O2. The molecular weight excluding hydrogens is 460 g/mol. The van der Waals surface area contributed by atoms with Crippen LogP contribution in [0.25, 0.3) is 28.6 Å². The first-order valence-corrected chi connectivity index (χ1v) is 12.6. The number of imidazole rings is 1. The van der Waals surface area contributed by atoms with Crippen molar-refractivity contribution in [2.24, 2.45) is 0 Å². The predicted octanol–water partition coefficient (Wildman–Crippen LogP) is 4.94. The Morgan fingerprint density at radius 3 is 2.59 bits per heavy atom. The van der Waals surface area contributed by atoms with E-state index in [4.69, 9.17) is 4.74 Å². The van der Waals surface area contributed by atoms with Crippen LogP contribution < -0.4 is 0 Å². The summed E-state index contributed by atoms with van der Waals surface area (Å²) in [6.07, 6.45) is 9.84. The highest BCUT2D eigenvalue weighted by Gasteiger charge is 2.38. The molecule has 1 aromatic heterocycles. The van der Waals surface area contributed by atoms with Crippen LogP contribution in [0.5, 0.6) is 0 Å². The van der Waals surface area contributed by atoms with E-state index < -0.39 is 0 Å². The molecule has 6 nitrogen and oxygen atoms in total. The standard InChI is InChI=1S/C31H28N4O2/c36-22-30-31(33-15-17-37-18-16-33)29(28-12-6-10-25-9-4-5-11-27(25)28)21-35(30)20-26-19-32-23-34(26)14-13-24-7-2-1-3-8-24/h1-14,19,21,23,31H,15-18,20H2. The SMILES string of the molecule is O=C=C1C(N2CCOCC2)C(c2cccc3ccccc23)=CN1Cc1cncn1C=Cc1ccccc1. The summed E-state index contributed by atoms with van der Waals surface area (Å²) in [7, 11) is 0. The Bertz CT molecular complexity index is 1500. The Hall–Kier alpha value is -4.22. The second-order valence-electron chi connectivity index (χ2n) is 9.30. The molecule has 0 radical (unpaired) electrons. The third-order valence-corrected chi connectivity index (χ3v) is 7.08. The van der Waals surface area contributed by atoms with Crippen LogP contribution in [-0.2, 0) is 16.1 Å². The largest absolute Gasteiger partial charge is 0.379 e. The first kappa shape index (κ1) is 23.2. The van der Waals surface area contributed by atoms with Gasteiger partial charge in [0, 0.05) is 31.1 Å². The van der Waals surface area contributed by atoms with Crippen LogP contribution >= 0.6 is 0 Å². The van der Waals surface area contributed by atoms with Gasteiger partial charge in [0.15, 0.2) is 0 Å². The molecule has 184 valence electrons. The van der Waals surface area contributed by atoms with Crippen molar-refractivity contribution >= 4 is 34.6 Å². The Balaban J connectivity index is 1.38. The molecule has 0 aliphatic carbocycles. The second-order valence-corrected chi connectivity index (χ2v) is 9.30. The van der Waals surface area contributed by atoms with Crippen LogP contribution in [0.4, 0.5) is 0 Å². The van der Waals surface area contributed by atoms with Crippen molar-refractivity contribution < 1.29 is 9.53 Å². The molecule has 3 heterocycles. The van der Waals surface area contributed by atoms with E-state index in [1.54, 1.807) is 6.33 Å². The van der Waals surface area contributed by atoms with Crippen molar-refractivity contribution in [1.29, 1.82) is 0 Å². The van der Waals surface area contributed by atoms with Crippen LogP contribution in [0.1, 0.15) is 16.8 Å². The fourth-order valence-corrected chi connectivity index (χ4v) is 5.25. The lowest BCUT2D eigenvalue weighted by atomic mass is 9.93. The van der Waals surface area contributed by atoms with Gasteiger partial charge in [-0.1, -0.05) is 72.8 Å². The topological polar surface area (TPSA) is 50.6 Å². The summed E-state index contributed by atoms with van der Waals surface area (Å²) < 4.78 is 7.63. The van der Waals surface area contributed by atoms with Gasteiger partial charge in [0.05, 0.1) is 44.0 Å². The summed E-state index contributed by atoms with van der Waals surface area (Å²) >= 11 is 0. The zero-order chi connectivity index (χ0) is 25.0. The van der Waals surface area contributed by atoms with E-state index in [2.05, 4.69) is 82.7 Å². The van der Waals surface area contributed by atoms with Crippen molar-refractivity contribution in [3.8, 4) is 0 Å². The van der Waals surface area contributed by atoms with Gasteiger partial charge in [-0.2, -0.15) is 0 Å². The third kappa shape index (κ3) is 4.66. The van der Waals surface area contributed by atoms with E-state index in [1.807, 2.05) is 40.1 Å². The van der Waals surface area contributed by atoms with Gasteiger partial charge in [-0.15, -0.1) is 0 Å². The predicted molar refractivity (Wildman–Crippen MR) is 147 cm³/mol. The summed E-state index contributed by atoms with van der Waals surface area (Å²) in [5, 5.41) is 2.36. The van der Waals surface area contributed by atoms with Gasteiger partial charge < -0.3 is 14.2 Å². The van der Waals surface area contributed by atoms with E-state index in [1.165, 1.54) is 10.8 Å². The number of rotatable bonds is 6. The van der Waals surface area contributed by atoms with Crippen LogP contribution in [0, 0.1) is 0 Å². The van der Waals surface area contributed by atoms with Crippen molar-refractivity contribution in [1.82, 2.24) is 19.4 Å². The number of aromatic nitrogens is 2. The first-order chi connectivity index (χ1) is 18.3. The lowest BCUT2D eigenvalue weighted by Gasteiger charge is -2.34. The zero-order valence-electron chi connectivity index (χ0n) is 20.5. The molecule has 37 heavy (non-hydrogen) atoms. The molecule has 1 atom stereocenters. The average molecular weight is 489 g/mol. The van der Waals surface area contributed by atoms with Gasteiger partial charge in [-0.3, -0.25) is 4.90 Å². The zero-order valence-corrected chi connectivity index (χ0v) is 20.5. The molecule has 3 aromatic carbocycles. The van der Waals surface area contributed by atoms with Gasteiger partial charge >= 0.3 is 0 Å². The monoisotopic (exact) mass is 488 g/mol. The molecule has 2 aliphatic heterocycles. The van der Waals surface area contributed by atoms with Gasteiger partial charge in [-0.25, -0.2) is 9.78 Å². The van der Waals surface area contributed by atoms with Gasteiger partial charge in [0.2, 0.25) is 0 Å². The minimum atomic E-state index is -0.177. The maximum atomic E-state index is 12.5. The van der Waals surface area contributed by atoms with Crippen LogP contribution in [0.3, 0.4) is 0 Å². The quantitative estimate of drug-likeness (QED) is 0.360. The van der Waals surface area contributed by atoms with Crippen molar-refractivity contribution in [3.63, 3.8) is 0 Å².